The van der Waals surface area contributed by atoms with Crippen LogP contribution >= 0.6 is 0 Å². The summed E-state index contributed by atoms with van der Waals surface area (Å²) in [7, 11) is 1.89. The summed E-state index contributed by atoms with van der Waals surface area (Å²) >= 11 is 0. The summed E-state index contributed by atoms with van der Waals surface area (Å²) in [6, 6.07) is 2.06. The molecule has 2 nitrogen and oxygen atoms in total. The molecule has 88 valence electrons. The van der Waals surface area contributed by atoms with Crippen LogP contribution in [-0.2, 0) is 11.2 Å². The molecule has 1 aliphatic rings. The van der Waals surface area contributed by atoms with Gasteiger partial charge in [0.25, 0.3) is 0 Å². The van der Waals surface area contributed by atoms with E-state index in [4.69, 9.17) is 4.74 Å². The first-order valence-electron chi connectivity index (χ1n) is 5.68. The molecule has 0 aromatic heterocycles. The summed E-state index contributed by atoms with van der Waals surface area (Å²) < 4.78 is 19.4. The zero-order valence-electron chi connectivity index (χ0n) is 10.1. The SMILES string of the molecule is CNC1COCCc2cc(C)c(F)c(C)c21. The summed E-state index contributed by atoms with van der Waals surface area (Å²) in [6.07, 6.45) is 0.871. The molecule has 1 unspecified atom stereocenters. The van der Waals surface area contributed by atoms with E-state index in [0.717, 1.165) is 29.7 Å². The van der Waals surface area contributed by atoms with Gasteiger partial charge < -0.3 is 10.1 Å². The first kappa shape index (κ1) is 11.6. The molecule has 0 bridgehead atoms. The van der Waals surface area contributed by atoms with Gasteiger partial charge in [0, 0.05) is 0 Å². The fourth-order valence-electron chi connectivity index (χ4n) is 2.44. The molecule has 0 radical (unpaired) electrons. The highest BCUT2D eigenvalue weighted by Crippen LogP contribution is 2.29. The number of aryl methyl sites for hydroxylation is 1. The molecule has 1 atom stereocenters. The fraction of sp³-hybridized carbons (Fsp3) is 0.538. The summed E-state index contributed by atoms with van der Waals surface area (Å²) in [6.45, 7) is 5.02. The molecular formula is C13H18FNO. The molecule has 0 fully saturated rings. The number of benzene rings is 1. The molecule has 1 aromatic rings. The van der Waals surface area contributed by atoms with Crippen LogP contribution in [0.15, 0.2) is 6.07 Å². The maximum absolute atomic E-state index is 13.9. The highest BCUT2D eigenvalue weighted by atomic mass is 19.1. The Kier molecular flexibility index (Phi) is 3.26. The van der Waals surface area contributed by atoms with Crippen molar-refractivity contribution >= 4 is 0 Å². The summed E-state index contributed by atoms with van der Waals surface area (Å²) in [4.78, 5) is 0. The minimum atomic E-state index is -0.0825. The molecule has 0 saturated heterocycles. The lowest BCUT2D eigenvalue weighted by molar-refractivity contribution is 0.123. The van der Waals surface area contributed by atoms with Crippen molar-refractivity contribution in [2.75, 3.05) is 20.3 Å². The van der Waals surface area contributed by atoms with Crippen LogP contribution in [0.2, 0.25) is 0 Å². The third kappa shape index (κ3) is 1.85. The minimum absolute atomic E-state index is 0.0825. The topological polar surface area (TPSA) is 21.3 Å². The number of fused-ring (bicyclic) bond motifs is 1. The molecule has 1 N–H and O–H groups in total. The second-order valence-electron chi connectivity index (χ2n) is 4.37. The molecule has 1 aromatic carbocycles. The molecule has 0 amide bonds. The van der Waals surface area contributed by atoms with Gasteiger partial charge in [-0.2, -0.15) is 0 Å². The van der Waals surface area contributed by atoms with E-state index >= 15 is 0 Å². The zero-order chi connectivity index (χ0) is 11.7. The Morgan fingerprint density at radius 2 is 2.19 bits per heavy atom. The molecule has 0 spiro atoms. The van der Waals surface area contributed by atoms with Crippen molar-refractivity contribution in [1.29, 1.82) is 0 Å². The van der Waals surface area contributed by atoms with Crippen molar-refractivity contribution in [2.45, 2.75) is 26.3 Å². The monoisotopic (exact) mass is 223 g/mol. The number of hydrogen-bond acceptors (Lipinski definition) is 2. The van der Waals surface area contributed by atoms with Crippen LogP contribution in [0.4, 0.5) is 4.39 Å². The van der Waals surface area contributed by atoms with Gasteiger partial charge in [-0.05, 0) is 49.6 Å². The Balaban J connectivity index is 2.58. The quantitative estimate of drug-likeness (QED) is 0.788. The van der Waals surface area contributed by atoms with Crippen LogP contribution < -0.4 is 5.32 Å². The average molecular weight is 223 g/mol. The van der Waals surface area contributed by atoms with Gasteiger partial charge in [-0.1, -0.05) is 6.07 Å². The minimum Gasteiger partial charge on any atom is -0.379 e. The average Bonchev–Trinajstić information content (AvgIpc) is 2.48. The lowest BCUT2D eigenvalue weighted by Gasteiger charge is -2.20. The van der Waals surface area contributed by atoms with Gasteiger partial charge in [-0.3, -0.25) is 0 Å². The Bertz CT molecular complexity index is 403. The van der Waals surface area contributed by atoms with Gasteiger partial charge in [0.05, 0.1) is 19.3 Å². The highest BCUT2D eigenvalue weighted by Gasteiger charge is 2.22. The number of nitrogens with one attached hydrogen (secondary N) is 1. The van der Waals surface area contributed by atoms with Crippen molar-refractivity contribution in [1.82, 2.24) is 5.32 Å². The van der Waals surface area contributed by atoms with Crippen molar-refractivity contribution in [3.63, 3.8) is 0 Å². The van der Waals surface area contributed by atoms with E-state index in [-0.39, 0.29) is 11.9 Å². The lowest BCUT2D eigenvalue weighted by atomic mass is 9.92. The third-order valence-corrected chi connectivity index (χ3v) is 3.31. The van der Waals surface area contributed by atoms with Crippen LogP contribution in [0, 0.1) is 19.7 Å². The van der Waals surface area contributed by atoms with Crippen LogP contribution in [0.5, 0.6) is 0 Å². The largest absolute Gasteiger partial charge is 0.379 e. The molecular weight excluding hydrogens is 205 g/mol. The Morgan fingerprint density at radius 3 is 2.88 bits per heavy atom. The van der Waals surface area contributed by atoms with Gasteiger partial charge in [-0.25, -0.2) is 4.39 Å². The van der Waals surface area contributed by atoms with Crippen LogP contribution in [-0.4, -0.2) is 20.3 Å². The fourth-order valence-corrected chi connectivity index (χ4v) is 2.44. The van der Waals surface area contributed by atoms with E-state index in [0.29, 0.717) is 6.61 Å². The van der Waals surface area contributed by atoms with Gasteiger partial charge in [0.1, 0.15) is 5.82 Å². The summed E-state index contributed by atoms with van der Waals surface area (Å²) in [5, 5.41) is 3.20. The smallest absolute Gasteiger partial charge is 0.129 e. The highest BCUT2D eigenvalue weighted by molar-refractivity contribution is 5.42. The van der Waals surface area contributed by atoms with E-state index in [1.165, 1.54) is 5.56 Å². The predicted molar refractivity (Wildman–Crippen MR) is 62.2 cm³/mol. The van der Waals surface area contributed by atoms with E-state index in [1.807, 2.05) is 27.0 Å². The Labute approximate surface area is 95.8 Å². The molecule has 16 heavy (non-hydrogen) atoms. The normalized spacial score (nSPS) is 20.4. The first-order valence-corrected chi connectivity index (χ1v) is 5.68. The number of hydrogen-bond donors (Lipinski definition) is 1. The molecule has 0 aliphatic carbocycles. The van der Waals surface area contributed by atoms with Gasteiger partial charge in [-0.15, -0.1) is 0 Å². The van der Waals surface area contributed by atoms with E-state index in [2.05, 4.69) is 5.32 Å². The number of ether oxygens (including phenoxy) is 1. The number of likely N-dealkylation sites (N-methyl/N-ethyl adjacent to an activating group) is 1. The standard InChI is InChI=1S/C13H18FNO/c1-8-6-10-4-5-16-7-11(15-3)12(10)9(2)13(8)14/h6,11,15H,4-5,7H2,1-3H3. The summed E-state index contributed by atoms with van der Waals surface area (Å²) in [5.41, 5.74) is 3.80. The van der Waals surface area contributed by atoms with Gasteiger partial charge >= 0.3 is 0 Å². The lowest BCUT2D eigenvalue weighted by Crippen LogP contribution is -2.22. The third-order valence-electron chi connectivity index (χ3n) is 3.31. The molecule has 0 saturated carbocycles. The summed E-state index contributed by atoms with van der Waals surface area (Å²) in [5.74, 6) is -0.0825. The second-order valence-corrected chi connectivity index (χ2v) is 4.37. The van der Waals surface area contributed by atoms with E-state index < -0.39 is 0 Å². The first-order chi connectivity index (χ1) is 7.65. The van der Waals surface area contributed by atoms with Crippen molar-refractivity contribution < 1.29 is 9.13 Å². The molecule has 1 aliphatic heterocycles. The zero-order valence-corrected chi connectivity index (χ0v) is 10.1. The molecule has 3 heteroatoms. The Morgan fingerprint density at radius 1 is 1.44 bits per heavy atom. The van der Waals surface area contributed by atoms with Crippen molar-refractivity contribution in [2.24, 2.45) is 0 Å². The van der Waals surface area contributed by atoms with Crippen molar-refractivity contribution in [3.8, 4) is 0 Å². The van der Waals surface area contributed by atoms with Gasteiger partial charge in [0.2, 0.25) is 0 Å². The maximum Gasteiger partial charge on any atom is 0.129 e. The maximum atomic E-state index is 13.9. The number of rotatable bonds is 1. The van der Waals surface area contributed by atoms with Gasteiger partial charge in [0.15, 0.2) is 0 Å². The van der Waals surface area contributed by atoms with Crippen LogP contribution in [0.3, 0.4) is 0 Å². The Hall–Kier alpha value is -0.930. The van der Waals surface area contributed by atoms with Crippen LogP contribution in [0.25, 0.3) is 0 Å². The van der Waals surface area contributed by atoms with E-state index in [1.54, 1.807) is 0 Å². The molecule has 2 rings (SSSR count). The number of halogens is 1. The van der Waals surface area contributed by atoms with Crippen LogP contribution in [0.1, 0.15) is 28.3 Å². The molecule has 1 heterocycles. The second kappa shape index (κ2) is 4.52. The van der Waals surface area contributed by atoms with E-state index in [9.17, 15) is 4.39 Å². The predicted octanol–water partition coefficient (Wildman–Crippen LogP) is 2.28. The van der Waals surface area contributed by atoms with Crippen molar-refractivity contribution in [3.05, 3.63) is 34.1 Å².